The number of carbonyl (C=O) groups is 1. The van der Waals surface area contributed by atoms with Crippen LogP contribution >= 0.6 is 11.6 Å². The van der Waals surface area contributed by atoms with Crippen molar-refractivity contribution in [3.63, 3.8) is 0 Å². The molecule has 0 aliphatic heterocycles. The number of rotatable bonds is 3. The molecular weight excluding hydrogens is 344 g/mol. The van der Waals surface area contributed by atoms with E-state index in [0.717, 1.165) is 16.9 Å². The van der Waals surface area contributed by atoms with Crippen molar-refractivity contribution < 1.29 is 4.79 Å². The lowest BCUT2D eigenvalue weighted by Crippen LogP contribution is -2.21. The first-order valence-electron chi connectivity index (χ1n) is 8.23. The Kier molecular flexibility index (Phi) is 4.38. The number of halogens is 1. The van der Waals surface area contributed by atoms with Crippen molar-refractivity contribution in [2.45, 2.75) is 0 Å². The van der Waals surface area contributed by atoms with E-state index in [0.29, 0.717) is 22.0 Å². The number of Topliss-reactive ketones (excluding diaryl/α,β-unsaturated/α-hetero) is 1. The zero-order valence-electron chi connectivity index (χ0n) is 13.8. The number of fused-ring (bicyclic) bond motifs is 1. The summed E-state index contributed by atoms with van der Waals surface area (Å²) in [6.07, 6.45) is 1.80. The van der Waals surface area contributed by atoms with Crippen molar-refractivity contribution in [3.05, 3.63) is 101 Å². The second-order valence-corrected chi connectivity index (χ2v) is 6.33. The maximum atomic E-state index is 12.9. The normalized spacial score (nSPS) is 14.7. The van der Waals surface area contributed by atoms with Crippen LogP contribution in [0.25, 0.3) is 5.70 Å². The Bertz CT molecular complexity index is 1020. The van der Waals surface area contributed by atoms with Crippen LogP contribution < -0.4 is 5.32 Å². The predicted octanol–water partition coefficient (Wildman–Crippen LogP) is 5.76. The van der Waals surface area contributed by atoms with Gasteiger partial charge in [0.1, 0.15) is 5.71 Å². The fourth-order valence-electron chi connectivity index (χ4n) is 2.85. The first-order chi connectivity index (χ1) is 12.7. The SMILES string of the molecule is O=C1C(=Nc2ccc(Cl)cc2)C=C(Nc2ccccc2)c2ccccc21. The molecule has 3 aromatic rings. The molecule has 1 N–H and O–H groups in total. The van der Waals surface area contributed by atoms with Crippen LogP contribution in [0.3, 0.4) is 0 Å². The molecule has 0 saturated heterocycles. The van der Waals surface area contributed by atoms with Crippen LogP contribution in [0, 0.1) is 0 Å². The third kappa shape index (κ3) is 3.30. The van der Waals surface area contributed by atoms with Crippen molar-refractivity contribution in [1.29, 1.82) is 0 Å². The van der Waals surface area contributed by atoms with Gasteiger partial charge in [0, 0.05) is 27.5 Å². The van der Waals surface area contributed by atoms with Gasteiger partial charge in [-0.05, 0) is 42.5 Å². The summed E-state index contributed by atoms with van der Waals surface area (Å²) in [6, 6.07) is 24.5. The van der Waals surface area contributed by atoms with E-state index in [1.807, 2.05) is 54.6 Å². The highest BCUT2D eigenvalue weighted by atomic mass is 35.5. The number of ketones is 1. The number of hydrogen-bond acceptors (Lipinski definition) is 3. The molecule has 1 aliphatic carbocycles. The summed E-state index contributed by atoms with van der Waals surface area (Å²) in [5.41, 5.74) is 4.39. The number of hydrogen-bond donors (Lipinski definition) is 1. The molecule has 0 amide bonds. The molecule has 0 fully saturated rings. The summed E-state index contributed by atoms with van der Waals surface area (Å²) in [7, 11) is 0. The van der Waals surface area contributed by atoms with Crippen LogP contribution in [-0.2, 0) is 0 Å². The van der Waals surface area contributed by atoms with Crippen LogP contribution in [0.5, 0.6) is 0 Å². The van der Waals surface area contributed by atoms with Crippen LogP contribution in [0.4, 0.5) is 11.4 Å². The van der Waals surface area contributed by atoms with Crippen molar-refractivity contribution in [2.24, 2.45) is 4.99 Å². The Labute approximate surface area is 156 Å². The standard InChI is InChI=1S/C22H15ClN2O/c23-15-10-12-17(13-11-15)25-21-14-20(24-16-6-2-1-3-7-16)18-8-4-5-9-19(18)22(21)26/h1-14,24H. The van der Waals surface area contributed by atoms with Crippen LogP contribution in [-0.4, -0.2) is 11.5 Å². The molecule has 126 valence electrons. The molecule has 26 heavy (non-hydrogen) atoms. The van der Waals surface area contributed by atoms with Crippen LogP contribution in [0.1, 0.15) is 15.9 Å². The van der Waals surface area contributed by atoms with Gasteiger partial charge in [0.15, 0.2) is 0 Å². The lowest BCUT2D eigenvalue weighted by molar-refractivity contribution is 0.106. The zero-order valence-corrected chi connectivity index (χ0v) is 14.6. The average molecular weight is 359 g/mol. The van der Waals surface area contributed by atoms with Gasteiger partial charge in [-0.1, -0.05) is 54.1 Å². The minimum atomic E-state index is -0.0887. The van der Waals surface area contributed by atoms with Gasteiger partial charge in [0.05, 0.1) is 5.69 Å². The lowest BCUT2D eigenvalue weighted by Gasteiger charge is -2.19. The summed E-state index contributed by atoms with van der Waals surface area (Å²) < 4.78 is 0. The first kappa shape index (κ1) is 16.3. The molecule has 4 rings (SSSR count). The smallest absolute Gasteiger partial charge is 0.212 e. The highest BCUT2D eigenvalue weighted by molar-refractivity contribution is 6.53. The van der Waals surface area contributed by atoms with Crippen LogP contribution in [0.15, 0.2) is 89.9 Å². The monoisotopic (exact) mass is 358 g/mol. The summed E-state index contributed by atoms with van der Waals surface area (Å²) >= 11 is 5.93. The number of nitrogens with zero attached hydrogens (tertiary/aromatic N) is 1. The number of anilines is 1. The van der Waals surface area contributed by atoms with Crippen molar-refractivity contribution >= 4 is 40.2 Å². The Morgan fingerprint density at radius 2 is 1.42 bits per heavy atom. The summed E-state index contributed by atoms with van der Waals surface area (Å²) in [5.74, 6) is -0.0887. The molecule has 0 bridgehead atoms. The molecular formula is C22H15ClN2O. The Morgan fingerprint density at radius 1 is 0.769 bits per heavy atom. The van der Waals surface area contributed by atoms with Crippen LogP contribution in [0.2, 0.25) is 5.02 Å². The number of benzene rings is 3. The van der Waals surface area contributed by atoms with Crippen molar-refractivity contribution in [2.75, 3.05) is 5.32 Å². The number of carbonyl (C=O) groups excluding carboxylic acids is 1. The number of allylic oxidation sites excluding steroid dienone is 1. The highest BCUT2D eigenvalue weighted by Gasteiger charge is 2.24. The summed E-state index contributed by atoms with van der Waals surface area (Å²) in [6.45, 7) is 0. The van der Waals surface area contributed by atoms with E-state index in [2.05, 4.69) is 10.3 Å². The Hall–Kier alpha value is -3.17. The molecule has 0 radical (unpaired) electrons. The Balaban J connectivity index is 1.79. The second kappa shape index (κ2) is 6.98. The summed E-state index contributed by atoms with van der Waals surface area (Å²) in [4.78, 5) is 17.4. The number of aliphatic imine (C=N–C) groups is 1. The molecule has 0 saturated carbocycles. The molecule has 0 unspecified atom stereocenters. The van der Waals surface area contributed by atoms with Gasteiger partial charge in [0.25, 0.3) is 0 Å². The number of para-hydroxylation sites is 1. The molecule has 3 nitrogen and oxygen atoms in total. The predicted molar refractivity (Wildman–Crippen MR) is 107 cm³/mol. The average Bonchev–Trinajstić information content (AvgIpc) is 2.68. The van der Waals surface area contributed by atoms with E-state index in [9.17, 15) is 4.79 Å². The lowest BCUT2D eigenvalue weighted by atomic mass is 9.92. The molecule has 0 aromatic heterocycles. The fourth-order valence-corrected chi connectivity index (χ4v) is 2.98. The quantitative estimate of drug-likeness (QED) is 0.646. The summed E-state index contributed by atoms with van der Waals surface area (Å²) in [5, 5.41) is 4.02. The maximum Gasteiger partial charge on any atom is 0.212 e. The van der Waals surface area contributed by atoms with E-state index >= 15 is 0 Å². The third-order valence-electron chi connectivity index (χ3n) is 4.10. The second-order valence-electron chi connectivity index (χ2n) is 5.90. The van der Waals surface area contributed by atoms with E-state index < -0.39 is 0 Å². The van der Waals surface area contributed by atoms with Gasteiger partial charge in [-0.25, -0.2) is 4.99 Å². The topological polar surface area (TPSA) is 41.5 Å². The van der Waals surface area contributed by atoms with Gasteiger partial charge < -0.3 is 5.32 Å². The Morgan fingerprint density at radius 3 is 2.15 bits per heavy atom. The minimum absolute atomic E-state index is 0.0887. The van der Waals surface area contributed by atoms with Crippen molar-refractivity contribution in [3.8, 4) is 0 Å². The van der Waals surface area contributed by atoms with Gasteiger partial charge >= 0.3 is 0 Å². The zero-order chi connectivity index (χ0) is 17.9. The van der Waals surface area contributed by atoms with Crippen molar-refractivity contribution in [1.82, 2.24) is 0 Å². The molecule has 3 aromatic carbocycles. The molecule has 1 aliphatic rings. The molecule has 0 atom stereocenters. The maximum absolute atomic E-state index is 12.9. The van der Waals surface area contributed by atoms with E-state index in [1.54, 1.807) is 30.3 Å². The van der Waals surface area contributed by atoms with Gasteiger partial charge in [-0.3, -0.25) is 4.79 Å². The minimum Gasteiger partial charge on any atom is -0.355 e. The highest BCUT2D eigenvalue weighted by Crippen LogP contribution is 2.28. The largest absolute Gasteiger partial charge is 0.355 e. The molecule has 0 spiro atoms. The number of nitrogens with one attached hydrogen (secondary N) is 1. The first-order valence-corrected chi connectivity index (χ1v) is 8.61. The van der Waals surface area contributed by atoms with Gasteiger partial charge in [-0.15, -0.1) is 0 Å². The van der Waals surface area contributed by atoms with Gasteiger partial charge in [-0.2, -0.15) is 0 Å². The third-order valence-corrected chi connectivity index (χ3v) is 4.36. The van der Waals surface area contributed by atoms with E-state index in [4.69, 9.17) is 11.6 Å². The molecule has 4 heteroatoms. The fraction of sp³-hybridized carbons (Fsp3) is 0. The van der Waals surface area contributed by atoms with Gasteiger partial charge in [0.2, 0.25) is 5.78 Å². The van der Waals surface area contributed by atoms with E-state index in [-0.39, 0.29) is 5.78 Å². The molecule has 0 heterocycles. The van der Waals surface area contributed by atoms with E-state index in [1.165, 1.54) is 0 Å².